The minimum absolute atomic E-state index is 0.220. The molecule has 0 aliphatic heterocycles. The predicted molar refractivity (Wildman–Crippen MR) is 91.1 cm³/mol. The number of rotatable bonds is 4. The highest BCUT2D eigenvalue weighted by atomic mass is 79.9. The summed E-state index contributed by atoms with van der Waals surface area (Å²) in [5.41, 5.74) is 7.74. The van der Waals surface area contributed by atoms with Crippen LogP contribution in [0.25, 0.3) is 10.9 Å². The molecule has 4 N–H and O–H groups in total. The van der Waals surface area contributed by atoms with Gasteiger partial charge in [0.2, 0.25) is 0 Å². The molecule has 0 bridgehead atoms. The third-order valence-corrected chi connectivity index (χ3v) is 5.25. The Balaban J connectivity index is 1.97. The summed E-state index contributed by atoms with van der Waals surface area (Å²) < 4.78 is 28.6. The van der Waals surface area contributed by atoms with Crippen LogP contribution in [0.1, 0.15) is 5.56 Å². The zero-order valence-electron chi connectivity index (χ0n) is 11.5. The standard InChI is InChI=1S/C15H14BrN3O2S/c16-11-3-6-13-14(7-11)18-9-15(13)22(20,21)19-12-4-1-10(8-17)2-5-12/h1-7,9,18-19H,8,17H2. The molecule has 0 amide bonds. The summed E-state index contributed by atoms with van der Waals surface area (Å²) in [7, 11) is -3.66. The summed E-state index contributed by atoms with van der Waals surface area (Å²) >= 11 is 3.36. The smallest absolute Gasteiger partial charge is 0.264 e. The van der Waals surface area contributed by atoms with Gasteiger partial charge in [0.15, 0.2) is 0 Å². The summed E-state index contributed by atoms with van der Waals surface area (Å²) in [5, 5.41) is 0.647. The summed E-state index contributed by atoms with van der Waals surface area (Å²) in [4.78, 5) is 3.19. The molecular weight excluding hydrogens is 366 g/mol. The van der Waals surface area contributed by atoms with E-state index in [1.807, 2.05) is 12.1 Å². The van der Waals surface area contributed by atoms with Gasteiger partial charge in [-0.2, -0.15) is 0 Å². The third-order valence-electron chi connectivity index (χ3n) is 3.34. The highest BCUT2D eigenvalue weighted by Crippen LogP contribution is 2.27. The number of benzene rings is 2. The fraction of sp³-hybridized carbons (Fsp3) is 0.0667. The Morgan fingerprint density at radius 2 is 1.86 bits per heavy atom. The Hall–Kier alpha value is -1.83. The fourth-order valence-corrected chi connectivity index (χ4v) is 3.81. The van der Waals surface area contributed by atoms with E-state index >= 15 is 0 Å². The van der Waals surface area contributed by atoms with Crippen molar-refractivity contribution in [2.75, 3.05) is 4.72 Å². The fourth-order valence-electron chi connectivity index (χ4n) is 2.21. The quantitative estimate of drug-likeness (QED) is 0.650. The van der Waals surface area contributed by atoms with Crippen molar-refractivity contribution in [3.63, 3.8) is 0 Å². The lowest BCUT2D eigenvalue weighted by Gasteiger charge is -2.08. The van der Waals surface area contributed by atoms with E-state index in [1.165, 1.54) is 6.20 Å². The van der Waals surface area contributed by atoms with Gasteiger partial charge in [-0.05, 0) is 29.8 Å². The average molecular weight is 380 g/mol. The van der Waals surface area contributed by atoms with E-state index < -0.39 is 10.0 Å². The number of H-pyrrole nitrogens is 1. The van der Waals surface area contributed by atoms with Crippen molar-refractivity contribution in [2.24, 2.45) is 5.73 Å². The summed E-state index contributed by atoms with van der Waals surface area (Å²) in [6.07, 6.45) is 1.49. The van der Waals surface area contributed by atoms with Crippen LogP contribution in [0.4, 0.5) is 5.69 Å². The molecule has 7 heteroatoms. The monoisotopic (exact) mass is 379 g/mol. The molecule has 3 aromatic rings. The number of fused-ring (bicyclic) bond motifs is 1. The number of hydrogen-bond donors (Lipinski definition) is 3. The molecule has 0 unspecified atom stereocenters. The molecular formula is C15H14BrN3O2S. The van der Waals surface area contributed by atoms with Crippen LogP contribution in [-0.4, -0.2) is 13.4 Å². The molecule has 1 aromatic heterocycles. The maximum absolute atomic E-state index is 12.5. The Morgan fingerprint density at radius 3 is 2.55 bits per heavy atom. The molecule has 22 heavy (non-hydrogen) atoms. The van der Waals surface area contributed by atoms with E-state index in [0.29, 0.717) is 17.6 Å². The maximum atomic E-state index is 12.5. The van der Waals surface area contributed by atoms with Gasteiger partial charge in [-0.15, -0.1) is 0 Å². The first-order valence-electron chi connectivity index (χ1n) is 6.58. The van der Waals surface area contributed by atoms with E-state index in [0.717, 1.165) is 15.6 Å². The molecule has 2 aromatic carbocycles. The molecule has 0 saturated heterocycles. The van der Waals surface area contributed by atoms with E-state index in [9.17, 15) is 8.42 Å². The average Bonchev–Trinajstić information content (AvgIpc) is 2.91. The van der Waals surface area contributed by atoms with Gasteiger partial charge in [-0.1, -0.05) is 34.1 Å². The van der Waals surface area contributed by atoms with Gasteiger partial charge in [0, 0.05) is 33.8 Å². The second-order valence-corrected chi connectivity index (χ2v) is 7.42. The van der Waals surface area contributed by atoms with Crippen LogP contribution in [0.5, 0.6) is 0 Å². The minimum atomic E-state index is -3.66. The normalized spacial score (nSPS) is 11.7. The van der Waals surface area contributed by atoms with Gasteiger partial charge >= 0.3 is 0 Å². The molecule has 0 spiro atoms. The Morgan fingerprint density at radius 1 is 1.14 bits per heavy atom. The lowest BCUT2D eigenvalue weighted by molar-refractivity contribution is 0.602. The number of sulfonamides is 1. The molecule has 3 rings (SSSR count). The van der Waals surface area contributed by atoms with Crippen molar-refractivity contribution in [3.8, 4) is 0 Å². The van der Waals surface area contributed by atoms with Crippen molar-refractivity contribution >= 4 is 42.5 Å². The summed E-state index contributed by atoms with van der Waals surface area (Å²) in [5.74, 6) is 0. The minimum Gasteiger partial charge on any atom is -0.360 e. The molecule has 5 nitrogen and oxygen atoms in total. The van der Waals surface area contributed by atoms with Gasteiger partial charge < -0.3 is 10.7 Å². The zero-order valence-corrected chi connectivity index (χ0v) is 13.9. The molecule has 114 valence electrons. The van der Waals surface area contributed by atoms with Crippen LogP contribution in [-0.2, 0) is 16.6 Å². The van der Waals surface area contributed by atoms with Crippen molar-refractivity contribution in [1.82, 2.24) is 4.98 Å². The summed E-state index contributed by atoms with van der Waals surface area (Å²) in [6.45, 7) is 0.421. The van der Waals surface area contributed by atoms with Gasteiger partial charge in [0.05, 0.1) is 0 Å². The number of hydrogen-bond acceptors (Lipinski definition) is 3. The molecule has 0 fully saturated rings. The highest BCUT2D eigenvalue weighted by Gasteiger charge is 2.19. The van der Waals surface area contributed by atoms with Crippen molar-refractivity contribution < 1.29 is 8.42 Å². The van der Waals surface area contributed by atoms with E-state index in [4.69, 9.17) is 5.73 Å². The van der Waals surface area contributed by atoms with Crippen LogP contribution in [0.15, 0.2) is 58.0 Å². The third kappa shape index (κ3) is 2.87. The molecule has 0 saturated carbocycles. The van der Waals surface area contributed by atoms with Crippen molar-refractivity contribution in [2.45, 2.75) is 11.4 Å². The number of aromatic nitrogens is 1. The van der Waals surface area contributed by atoms with Crippen LogP contribution in [0.2, 0.25) is 0 Å². The number of nitrogens with two attached hydrogens (primary N) is 1. The first-order valence-corrected chi connectivity index (χ1v) is 8.86. The molecule has 0 aliphatic carbocycles. The van der Waals surface area contributed by atoms with Crippen LogP contribution in [0, 0.1) is 0 Å². The van der Waals surface area contributed by atoms with Gasteiger partial charge in [0.1, 0.15) is 4.90 Å². The first kappa shape index (κ1) is 15.1. The zero-order chi connectivity index (χ0) is 15.7. The van der Waals surface area contributed by atoms with Gasteiger partial charge in [-0.25, -0.2) is 8.42 Å². The van der Waals surface area contributed by atoms with Crippen molar-refractivity contribution in [3.05, 3.63) is 58.7 Å². The number of nitrogens with one attached hydrogen (secondary N) is 2. The second kappa shape index (κ2) is 5.75. The molecule has 1 heterocycles. The van der Waals surface area contributed by atoms with E-state index in [2.05, 4.69) is 25.6 Å². The lowest BCUT2D eigenvalue weighted by atomic mass is 10.2. The number of anilines is 1. The Labute approximate surface area is 136 Å². The lowest BCUT2D eigenvalue weighted by Crippen LogP contribution is -2.12. The number of halogens is 1. The highest BCUT2D eigenvalue weighted by molar-refractivity contribution is 9.10. The molecule has 0 atom stereocenters. The van der Waals surface area contributed by atoms with Gasteiger partial charge in [-0.3, -0.25) is 4.72 Å². The molecule has 0 radical (unpaired) electrons. The Bertz CT molecular complexity index is 918. The van der Waals surface area contributed by atoms with Crippen LogP contribution < -0.4 is 10.5 Å². The van der Waals surface area contributed by atoms with E-state index in [1.54, 1.807) is 30.3 Å². The van der Waals surface area contributed by atoms with Gasteiger partial charge in [0.25, 0.3) is 10.0 Å². The first-order chi connectivity index (χ1) is 10.5. The number of aromatic amines is 1. The topological polar surface area (TPSA) is 88.0 Å². The van der Waals surface area contributed by atoms with Crippen LogP contribution >= 0.6 is 15.9 Å². The Kier molecular flexibility index (Phi) is 3.94. The largest absolute Gasteiger partial charge is 0.360 e. The predicted octanol–water partition coefficient (Wildman–Crippen LogP) is 3.19. The van der Waals surface area contributed by atoms with Crippen molar-refractivity contribution in [1.29, 1.82) is 0 Å². The SMILES string of the molecule is NCc1ccc(NS(=O)(=O)c2c[nH]c3cc(Br)ccc23)cc1. The second-order valence-electron chi connectivity index (χ2n) is 4.85. The summed E-state index contributed by atoms with van der Waals surface area (Å²) in [6, 6.07) is 12.4. The molecule has 0 aliphatic rings. The van der Waals surface area contributed by atoms with E-state index in [-0.39, 0.29) is 4.90 Å². The maximum Gasteiger partial charge on any atom is 0.264 e. The van der Waals surface area contributed by atoms with Crippen LogP contribution in [0.3, 0.4) is 0 Å².